The Morgan fingerprint density at radius 1 is 1.53 bits per heavy atom. The number of aryl methyl sites for hydroxylation is 1. The molecular weight excluding hydrogens is 286 g/mol. The van der Waals surface area contributed by atoms with Crippen LogP contribution in [0.15, 0.2) is 23.7 Å². The molecule has 0 N–H and O–H groups in total. The Labute approximate surface area is 119 Å². The molecule has 5 nitrogen and oxygen atoms in total. The van der Waals surface area contributed by atoms with Crippen molar-refractivity contribution in [2.75, 3.05) is 11.9 Å². The molecule has 0 saturated heterocycles. The second-order valence-corrected chi connectivity index (χ2v) is 5.43. The highest BCUT2D eigenvalue weighted by molar-refractivity contribution is 7.09. The van der Waals surface area contributed by atoms with Crippen molar-refractivity contribution < 1.29 is 4.92 Å². The molecule has 0 radical (unpaired) electrons. The van der Waals surface area contributed by atoms with Gasteiger partial charge in [0.15, 0.2) is 0 Å². The van der Waals surface area contributed by atoms with E-state index >= 15 is 0 Å². The third kappa shape index (κ3) is 2.85. The minimum absolute atomic E-state index is 0.0613. The zero-order valence-corrected chi connectivity index (χ0v) is 12.0. The number of nitro benzene ring substituents is 1. The molecule has 19 heavy (non-hydrogen) atoms. The lowest BCUT2D eigenvalue weighted by atomic mass is 10.2. The van der Waals surface area contributed by atoms with E-state index in [-0.39, 0.29) is 10.7 Å². The first-order valence-electron chi connectivity index (χ1n) is 5.53. The van der Waals surface area contributed by atoms with E-state index in [1.807, 2.05) is 11.8 Å². The van der Waals surface area contributed by atoms with Crippen LogP contribution < -0.4 is 4.90 Å². The zero-order valence-electron chi connectivity index (χ0n) is 10.5. The molecule has 0 aliphatic rings. The van der Waals surface area contributed by atoms with E-state index in [2.05, 4.69) is 4.98 Å². The topological polar surface area (TPSA) is 59.3 Å². The monoisotopic (exact) mass is 297 g/mol. The van der Waals surface area contributed by atoms with Gasteiger partial charge in [-0.1, -0.05) is 17.7 Å². The average molecular weight is 298 g/mol. The molecule has 0 aliphatic carbocycles. The Hall–Kier alpha value is -1.66. The van der Waals surface area contributed by atoms with E-state index in [9.17, 15) is 10.1 Å². The van der Waals surface area contributed by atoms with Crippen molar-refractivity contribution in [2.45, 2.75) is 13.5 Å². The second-order valence-electron chi connectivity index (χ2n) is 4.08. The van der Waals surface area contributed by atoms with Gasteiger partial charge in [0.05, 0.1) is 22.7 Å². The first-order valence-corrected chi connectivity index (χ1v) is 6.79. The van der Waals surface area contributed by atoms with Crippen molar-refractivity contribution in [3.8, 4) is 0 Å². The van der Waals surface area contributed by atoms with E-state index in [1.165, 1.54) is 17.4 Å². The maximum absolute atomic E-state index is 11.1. The summed E-state index contributed by atoms with van der Waals surface area (Å²) in [6, 6.07) is 4.93. The molecule has 0 bridgehead atoms. The third-order valence-electron chi connectivity index (χ3n) is 2.78. The van der Waals surface area contributed by atoms with Crippen LogP contribution in [-0.2, 0) is 6.54 Å². The molecule has 0 fully saturated rings. The van der Waals surface area contributed by atoms with Gasteiger partial charge in [0.1, 0.15) is 10.7 Å². The van der Waals surface area contributed by atoms with E-state index in [4.69, 9.17) is 11.6 Å². The van der Waals surface area contributed by atoms with Crippen LogP contribution in [-0.4, -0.2) is 17.0 Å². The Balaban J connectivity index is 2.34. The highest BCUT2D eigenvalue weighted by atomic mass is 35.5. The largest absolute Gasteiger partial charge is 0.364 e. The van der Waals surface area contributed by atoms with Gasteiger partial charge in [-0.15, -0.1) is 11.3 Å². The van der Waals surface area contributed by atoms with E-state index in [0.717, 1.165) is 10.6 Å². The van der Waals surface area contributed by atoms with Crippen LogP contribution in [0.4, 0.5) is 11.4 Å². The minimum Gasteiger partial charge on any atom is -0.364 e. The molecule has 7 heteroatoms. The third-order valence-corrected chi connectivity index (χ3v) is 4.01. The lowest BCUT2D eigenvalue weighted by Crippen LogP contribution is -2.17. The number of halogens is 1. The van der Waals surface area contributed by atoms with Gasteiger partial charge in [-0.2, -0.15) is 0 Å². The number of benzene rings is 1. The fourth-order valence-electron chi connectivity index (χ4n) is 1.77. The van der Waals surface area contributed by atoms with Crippen LogP contribution in [0.3, 0.4) is 0 Å². The fraction of sp³-hybridized carbons (Fsp3) is 0.250. The number of nitro groups is 1. The summed E-state index contributed by atoms with van der Waals surface area (Å²) in [6.45, 7) is 2.49. The standard InChI is InChI=1S/C12H12ClN3O2S/c1-8-11(19-7-14-8)6-15(2)10-5-3-4-9(13)12(10)16(17)18/h3-5,7H,6H2,1-2H3. The predicted molar refractivity (Wildman–Crippen MR) is 77.1 cm³/mol. The van der Waals surface area contributed by atoms with Gasteiger partial charge in [-0.25, -0.2) is 4.98 Å². The molecule has 0 unspecified atom stereocenters. The zero-order chi connectivity index (χ0) is 14.0. The number of aromatic nitrogens is 1. The summed E-state index contributed by atoms with van der Waals surface area (Å²) in [5.74, 6) is 0. The molecule has 0 aliphatic heterocycles. The van der Waals surface area contributed by atoms with Crippen molar-refractivity contribution in [2.24, 2.45) is 0 Å². The second kappa shape index (κ2) is 5.54. The highest BCUT2D eigenvalue weighted by Gasteiger charge is 2.21. The smallest absolute Gasteiger partial charge is 0.310 e. The molecule has 100 valence electrons. The normalized spacial score (nSPS) is 10.5. The van der Waals surface area contributed by atoms with Gasteiger partial charge in [-0.3, -0.25) is 10.1 Å². The molecule has 2 aromatic rings. The van der Waals surface area contributed by atoms with Crippen LogP contribution in [0, 0.1) is 17.0 Å². The number of hydrogen-bond donors (Lipinski definition) is 0. The molecule has 1 aromatic carbocycles. The van der Waals surface area contributed by atoms with Gasteiger partial charge in [0.25, 0.3) is 0 Å². The van der Waals surface area contributed by atoms with Crippen LogP contribution in [0.5, 0.6) is 0 Å². The van der Waals surface area contributed by atoms with Gasteiger partial charge in [-0.05, 0) is 19.1 Å². The summed E-state index contributed by atoms with van der Waals surface area (Å²) < 4.78 is 0. The number of rotatable bonds is 4. The van der Waals surface area contributed by atoms with Crippen molar-refractivity contribution in [3.05, 3.63) is 49.4 Å². The fourth-order valence-corrected chi connectivity index (χ4v) is 2.84. The number of para-hydroxylation sites is 1. The predicted octanol–water partition coefficient (Wildman–Crippen LogP) is 3.65. The van der Waals surface area contributed by atoms with Crippen molar-refractivity contribution in [3.63, 3.8) is 0 Å². The summed E-state index contributed by atoms with van der Waals surface area (Å²) >= 11 is 7.44. The number of nitrogens with zero attached hydrogens (tertiary/aromatic N) is 3. The van der Waals surface area contributed by atoms with Crippen LogP contribution in [0.2, 0.25) is 5.02 Å². The lowest BCUT2D eigenvalue weighted by molar-refractivity contribution is -0.384. The Morgan fingerprint density at radius 2 is 2.26 bits per heavy atom. The molecule has 2 rings (SSSR count). The summed E-state index contributed by atoms with van der Waals surface area (Å²) in [5, 5.41) is 11.2. The van der Waals surface area contributed by atoms with E-state index in [0.29, 0.717) is 12.2 Å². The molecular formula is C12H12ClN3O2S. The Kier molecular flexibility index (Phi) is 4.01. The summed E-state index contributed by atoms with van der Waals surface area (Å²) in [7, 11) is 1.80. The molecule has 1 aromatic heterocycles. The van der Waals surface area contributed by atoms with Gasteiger partial charge in [0, 0.05) is 11.9 Å². The Morgan fingerprint density at radius 3 is 2.84 bits per heavy atom. The van der Waals surface area contributed by atoms with Crippen LogP contribution >= 0.6 is 22.9 Å². The SMILES string of the molecule is Cc1ncsc1CN(C)c1cccc(Cl)c1[N+](=O)[O-]. The lowest BCUT2D eigenvalue weighted by Gasteiger charge is -2.18. The maximum Gasteiger partial charge on any atom is 0.310 e. The van der Waals surface area contributed by atoms with Crippen molar-refractivity contribution >= 4 is 34.3 Å². The average Bonchev–Trinajstić information content (AvgIpc) is 2.74. The molecule has 0 saturated carbocycles. The highest BCUT2D eigenvalue weighted by Crippen LogP contribution is 2.35. The van der Waals surface area contributed by atoms with Crippen LogP contribution in [0.1, 0.15) is 10.6 Å². The molecule has 0 spiro atoms. The van der Waals surface area contributed by atoms with Crippen LogP contribution in [0.25, 0.3) is 0 Å². The Bertz CT molecular complexity index is 615. The van der Waals surface area contributed by atoms with Crippen molar-refractivity contribution in [1.29, 1.82) is 0 Å². The molecule has 0 amide bonds. The number of anilines is 1. The summed E-state index contributed by atoms with van der Waals surface area (Å²) in [5.41, 5.74) is 3.16. The van der Waals surface area contributed by atoms with Gasteiger partial charge >= 0.3 is 5.69 Å². The minimum atomic E-state index is -0.451. The quantitative estimate of drug-likeness (QED) is 0.638. The van der Waals surface area contributed by atoms with Gasteiger partial charge < -0.3 is 4.90 Å². The summed E-state index contributed by atoms with van der Waals surface area (Å²) in [6.07, 6.45) is 0. The van der Waals surface area contributed by atoms with Crippen molar-refractivity contribution in [1.82, 2.24) is 4.98 Å². The molecule has 1 heterocycles. The van der Waals surface area contributed by atoms with E-state index < -0.39 is 4.92 Å². The number of hydrogen-bond acceptors (Lipinski definition) is 5. The van der Waals surface area contributed by atoms with Gasteiger partial charge in [0.2, 0.25) is 0 Å². The number of thiazole rings is 1. The van der Waals surface area contributed by atoms with E-state index in [1.54, 1.807) is 24.7 Å². The first kappa shape index (κ1) is 13.8. The molecule has 0 atom stereocenters. The maximum atomic E-state index is 11.1. The summed E-state index contributed by atoms with van der Waals surface area (Å²) in [4.78, 5) is 17.7. The first-order chi connectivity index (χ1) is 9.00.